The van der Waals surface area contributed by atoms with E-state index in [1.165, 1.54) is 23.0 Å². The van der Waals surface area contributed by atoms with E-state index in [0.29, 0.717) is 18.1 Å². The summed E-state index contributed by atoms with van der Waals surface area (Å²) >= 11 is 0. The molecule has 2 aromatic rings. The van der Waals surface area contributed by atoms with E-state index < -0.39 is 4.92 Å². The molecule has 19 heavy (non-hydrogen) atoms. The van der Waals surface area contributed by atoms with Gasteiger partial charge in [-0.05, 0) is 13.0 Å². The van der Waals surface area contributed by atoms with Gasteiger partial charge in [-0.15, -0.1) is 0 Å². The van der Waals surface area contributed by atoms with Crippen LogP contribution >= 0.6 is 0 Å². The molecule has 100 valence electrons. The van der Waals surface area contributed by atoms with Crippen molar-refractivity contribution in [2.75, 3.05) is 11.9 Å². The number of hydrogen-bond acceptors (Lipinski definition) is 6. The first-order valence-electron chi connectivity index (χ1n) is 5.66. The van der Waals surface area contributed by atoms with E-state index in [0.717, 1.165) is 0 Å². The number of rotatable bonds is 5. The molecular formula is C11H13N5O3. The zero-order valence-corrected chi connectivity index (χ0v) is 10.5. The molecular weight excluding hydrogens is 250 g/mol. The van der Waals surface area contributed by atoms with Crippen molar-refractivity contribution >= 4 is 11.5 Å². The average Bonchev–Trinajstić information content (AvgIpc) is 2.75. The second-order valence-electron chi connectivity index (χ2n) is 3.76. The maximum Gasteiger partial charge on any atom is 0.331 e. The van der Waals surface area contributed by atoms with Gasteiger partial charge in [0.15, 0.2) is 5.75 Å². The Morgan fingerprint density at radius 3 is 2.89 bits per heavy atom. The fourth-order valence-corrected chi connectivity index (χ4v) is 1.49. The van der Waals surface area contributed by atoms with Gasteiger partial charge in [0.25, 0.3) is 0 Å². The van der Waals surface area contributed by atoms with E-state index in [1.807, 2.05) is 6.92 Å². The molecule has 0 saturated carbocycles. The van der Waals surface area contributed by atoms with E-state index in [4.69, 9.17) is 4.74 Å². The molecule has 0 amide bonds. The van der Waals surface area contributed by atoms with Gasteiger partial charge < -0.3 is 10.1 Å². The third-order valence-corrected chi connectivity index (χ3v) is 2.29. The van der Waals surface area contributed by atoms with Gasteiger partial charge >= 0.3 is 11.6 Å². The highest BCUT2D eigenvalue weighted by atomic mass is 16.6. The third kappa shape index (κ3) is 2.97. The Morgan fingerprint density at radius 1 is 1.53 bits per heavy atom. The monoisotopic (exact) mass is 263 g/mol. The molecule has 8 nitrogen and oxygen atoms in total. The SMILES string of the molecule is CCNc1ccc([N+](=O)[O-])c(Oc2cnn(C)c2)n1. The molecule has 0 bridgehead atoms. The summed E-state index contributed by atoms with van der Waals surface area (Å²) in [7, 11) is 1.73. The van der Waals surface area contributed by atoms with Crippen molar-refractivity contribution in [2.24, 2.45) is 7.05 Å². The molecule has 0 aromatic carbocycles. The lowest BCUT2D eigenvalue weighted by atomic mass is 10.4. The standard InChI is InChI=1S/C11H13N5O3/c1-3-12-10-5-4-9(16(17)18)11(14-10)19-8-6-13-15(2)7-8/h4-7H,3H2,1-2H3,(H,12,14). The summed E-state index contributed by atoms with van der Waals surface area (Å²) in [6.07, 6.45) is 3.07. The van der Waals surface area contributed by atoms with Gasteiger partial charge in [-0.2, -0.15) is 10.1 Å². The Bertz CT molecular complexity index is 596. The number of anilines is 1. The number of nitro groups is 1. The van der Waals surface area contributed by atoms with Crippen LogP contribution in [-0.4, -0.2) is 26.2 Å². The fraction of sp³-hybridized carbons (Fsp3) is 0.273. The fourth-order valence-electron chi connectivity index (χ4n) is 1.49. The molecule has 0 fully saturated rings. The predicted octanol–water partition coefficient (Wildman–Crippen LogP) is 1.95. The summed E-state index contributed by atoms with van der Waals surface area (Å²) in [6, 6.07) is 2.90. The number of ether oxygens (including phenoxy) is 1. The van der Waals surface area contributed by atoms with Crippen molar-refractivity contribution in [2.45, 2.75) is 6.92 Å². The van der Waals surface area contributed by atoms with Crippen LogP contribution in [0.5, 0.6) is 11.6 Å². The first kappa shape index (κ1) is 12.8. The van der Waals surface area contributed by atoms with E-state index in [-0.39, 0.29) is 11.6 Å². The van der Waals surface area contributed by atoms with Crippen LogP contribution in [0.25, 0.3) is 0 Å². The minimum absolute atomic E-state index is 0.0588. The first-order chi connectivity index (χ1) is 9.10. The van der Waals surface area contributed by atoms with Gasteiger partial charge in [0.2, 0.25) is 0 Å². The summed E-state index contributed by atoms with van der Waals surface area (Å²) in [5.41, 5.74) is -0.189. The summed E-state index contributed by atoms with van der Waals surface area (Å²) in [4.78, 5) is 14.5. The zero-order valence-electron chi connectivity index (χ0n) is 10.5. The van der Waals surface area contributed by atoms with E-state index in [9.17, 15) is 10.1 Å². The molecule has 8 heteroatoms. The highest BCUT2D eigenvalue weighted by Crippen LogP contribution is 2.30. The molecule has 0 radical (unpaired) electrons. The van der Waals surface area contributed by atoms with Gasteiger partial charge in [-0.25, -0.2) is 0 Å². The molecule has 0 aliphatic rings. The molecule has 1 N–H and O–H groups in total. The minimum Gasteiger partial charge on any atom is -0.430 e. The molecule has 0 spiro atoms. The van der Waals surface area contributed by atoms with Crippen LogP contribution in [0.4, 0.5) is 11.5 Å². The number of aryl methyl sites for hydroxylation is 1. The lowest BCUT2D eigenvalue weighted by molar-refractivity contribution is -0.386. The highest BCUT2D eigenvalue weighted by molar-refractivity contribution is 5.50. The van der Waals surface area contributed by atoms with Crippen LogP contribution in [0.2, 0.25) is 0 Å². The smallest absolute Gasteiger partial charge is 0.331 e. The van der Waals surface area contributed by atoms with Crippen molar-refractivity contribution in [3.05, 3.63) is 34.6 Å². The normalized spacial score (nSPS) is 10.2. The molecule has 2 aromatic heterocycles. The minimum atomic E-state index is -0.533. The Hall–Kier alpha value is -2.64. The summed E-state index contributed by atoms with van der Waals surface area (Å²) in [5.74, 6) is 0.857. The second kappa shape index (κ2) is 5.34. The lowest BCUT2D eigenvalue weighted by Gasteiger charge is -2.06. The molecule has 0 atom stereocenters. The number of aromatic nitrogens is 3. The van der Waals surface area contributed by atoms with Gasteiger partial charge in [-0.1, -0.05) is 0 Å². The van der Waals surface area contributed by atoms with Crippen LogP contribution in [0.15, 0.2) is 24.5 Å². The predicted molar refractivity (Wildman–Crippen MR) is 68.3 cm³/mol. The summed E-state index contributed by atoms with van der Waals surface area (Å²) < 4.78 is 6.94. The molecule has 2 rings (SSSR count). The Balaban J connectivity index is 2.34. The first-order valence-corrected chi connectivity index (χ1v) is 5.66. The number of nitrogens with zero attached hydrogens (tertiary/aromatic N) is 4. The Kier molecular flexibility index (Phi) is 3.60. The molecule has 0 aliphatic carbocycles. The highest BCUT2D eigenvalue weighted by Gasteiger charge is 2.18. The summed E-state index contributed by atoms with van der Waals surface area (Å²) in [6.45, 7) is 2.57. The second-order valence-corrected chi connectivity index (χ2v) is 3.76. The maximum atomic E-state index is 10.9. The van der Waals surface area contributed by atoms with Crippen molar-refractivity contribution in [3.63, 3.8) is 0 Å². The Labute approximate surface area is 109 Å². The van der Waals surface area contributed by atoms with Crippen LogP contribution in [0.3, 0.4) is 0 Å². The lowest BCUT2D eigenvalue weighted by Crippen LogP contribution is -2.02. The average molecular weight is 263 g/mol. The van der Waals surface area contributed by atoms with Crippen LogP contribution in [0.1, 0.15) is 6.92 Å². The van der Waals surface area contributed by atoms with Crippen LogP contribution in [0, 0.1) is 10.1 Å². The van der Waals surface area contributed by atoms with Gasteiger partial charge in [0.1, 0.15) is 5.82 Å². The largest absolute Gasteiger partial charge is 0.430 e. The van der Waals surface area contributed by atoms with Crippen molar-refractivity contribution in [1.82, 2.24) is 14.8 Å². The van der Waals surface area contributed by atoms with E-state index in [1.54, 1.807) is 13.2 Å². The number of pyridine rings is 1. The topological polar surface area (TPSA) is 95.1 Å². The molecule has 0 unspecified atom stereocenters. The molecule has 0 aliphatic heterocycles. The maximum absolute atomic E-state index is 10.9. The number of nitrogens with one attached hydrogen (secondary N) is 1. The van der Waals surface area contributed by atoms with Crippen molar-refractivity contribution < 1.29 is 9.66 Å². The van der Waals surface area contributed by atoms with Gasteiger partial charge in [0, 0.05) is 19.7 Å². The van der Waals surface area contributed by atoms with Crippen LogP contribution < -0.4 is 10.1 Å². The Morgan fingerprint density at radius 2 is 2.32 bits per heavy atom. The quantitative estimate of drug-likeness (QED) is 0.654. The zero-order chi connectivity index (χ0) is 13.8. The van der Waals surface area contributed by atoms with Crippen molar-refractivity contribution in [1.29, 1.82) is 0 Å². The van der Waals surface area contributed by atoms with Crippen LogP contribution in [-0.2, 0) is 7.05 Å². The van der Waals surface area contributed by atoms with Gasteiger partial charge in [-0.3, -0.25) is 14.8 Å². The van der Waals surface area contributed by atoms with E-state index >= 15 is 0 Å². The summed E-state index contributed by atoms with van der Waals surface area (Å²) in [5, 5.41) is 17.8. The molecule has 2 heterocycles. The number of hydrogen-bond donors (Lipinski definition) is 1. The van der Waals surface area contributed by atoms with Crippen molar-refractivity contribution in [3.8, 4) is 11.6 Å². The van der Waals surface area contributed by atoms with Gasteiger partial charge in [0.05, 0.1) is 17.3 Å². The third-order valence-electron chi connectivity index (χ3n) is 2.29. The van der Waals surface area contributed by atoms with E-state index in [2.05, 4.69) is 15.4 Å². The molecule has 0 saturated heterocycles.